The van der Waals surface area contributed by atoms with Crippen LogP contribution in [-0.4, -0.2) is 19.7 Å². The number of nitrogen functional groups attached to an aromatic ring is 1. The summed E-state index contributed by atoms with van der Waals surface area (Å²) in [4.78, 5) is 4.02. The molecule has 6 heteroatoms. The van der Waals surface area contributed by atoms with Crippen molar-refractivity contribution in [3.63, 3.8) is 0 Å². The van der Waals surface area contributed by atoms with Gasteiger partial charge in [-0.05, 0) is 30.8 Å². The summed E-state index contributed by atoms with van der Waals surface area (Å²) < 4.78 is 2.12. The van der Waals surface area contributed by atoms with E-state index in [1.165, 1.54) is 0 Å². The van der Waals surface area contributed by atoms with Crippen molar-refractivity contribution in [1.82, 2.24) is 19.7 Å². The van der Waals surface area contributed by atoms with Crippen LogP contribution in [0.1, 0.15) is 5.56 Å². The molecule has 0 aromatic carbocycles. The molecule has 2 rings (SSSR count). The van der Waals surface area contributed by atoms with E-state index in [-0.39, 0.29) is 0 Å². The predicted octanol–water partition coefficient (Wildman–Crippen LogP) is 1.22. The Bertz CT molecular complexity index is 512. The van der Waals surface area contributed by atoms with E-state index >= 15 is 0 Å². The minimum absolute atomic E-state index is 0.339. The van der Waals surface area contributed by atoms with Gasteiger partial charge in [-0.25, -0.2) is 5.10 Å². The van der Waals surface area contributed by atoms with E-state index in [4.69, 9.17) is 18.0 Å². The monoisotopic (exact) mass is 207 g/mol. The minimum Gasteiger partial charge on any atom is -0.368 e. The van der Waals surface area contributed by atoms with Gasteiger partial charge in [0.2, 0.25) is 10.7 Å². The van der Waals surface area contributed by atoms with Gasteiger partial charge in [-0.3, -0.25) is 9.55 Å². The number of nitrogens with zero attached hydrogens (tertiary/aromatic N) is 3. The number of rotatable bonds is 1. The molecule has 0 amide bonds. The lowest BCUT2D eigenvalue weighted by atomic mass is 10.2. The highest BCUT2D eigenvalue weighted by atomic mass is 32.1. The number of H-pyrrole nitrogens is 1. The normalized spacial score (nSPS) is 10.4. The van der Waals surface area contributed by atoms with Gasteiger partial charge in [0.05, 0.1) is 11.9 Å². The highest BCUT2D eigenvalue weighted by molar-refractivity contribution is 7.71. The van der Waals surface area contributed by atoms with Crippen LogP contribution in [-0.2, 0) is 0 Å². The lowest BCUT2D eigenvalue weighted by molar-refractivity contribution is 1.01. The van der Waals surface area contributed by atoms with Gasteiger partial charge in [0, 0.05) is 6.20 Å². The van der Waals surface area contributed by atoms with Crippen LogP contribution in [0.5, 0.6) is 0 Å². The van der Waals surface area contributed by atoms with Crippen LogP contribution in [0, 0.1) is 11.7 Å². The zero-order valence-corrected chi connectivity index (χ0v) is 8.38. The maximum atomic E-state index is 5.67. The lowest BCUT2D eigenvalue weighted by Crippen LogP contribution is -2.02. The first-order valence-electron chi connectivity index (χ1n) is 4.04. The fourth-order valence-corrected chi connectivity index (χ4v) is 1.47. The molecule has 5 nitrogen and oxygen atoms in total. The largest absolute Gasteiger partial charge is 0.368 e. The molecule has 2 aromatic rings. The van der Waals surface area contributed by atoms with Crippen LogP contribution in [0.4, 0.5) is 5.95 Å². The molecule has 0 aliphatic carbocycles. The SMILES string of the molecule is Cc1ccncc1-n1c(N)n[nH]c1=S. The Morgan fingerprint density at radius 3 is 2.93 bits per heavy atom. The van der Waals surface area contributed by atoms with Crippen molar-refractivity contribution in [2.24, 2.45) is 0 Å². The summed E-state index contributed by atoms with van der Waals surface area (Å²) in [6, 6.07) is 1.89. The average molecular weight is 207 g/mol. The summed E-state index contributed by atoms with van der Waals surface area (Å²) in [6.45, 7) is 1.96. The Morgan fingerprint density at radius 2 is 2.36 bits per heavy atom. The third kappa shape index (κ3) is 1.29. The topological polar surface area (TPSA) is 72.5 Å². The number of nitrogens with two attached hydrogens (primary N) is 1. The molecule has 0 spiro atoms. The van der Waals surface area contributed by atoms with Gasteiger partial charge in [-0.1, -0.05) is 0 Å². The second kappa shape index (κ2) is 3.22. The molecule has 0 aliphatic rings. The van der Waals surface area contributed by atoms with Gasteiger partial charge >= 0.3 is 0 Å². The van der Waals surface area contributed by atoms with Crippen molar-refractivity contribution in [2.75, 3.05) is 5.73 Å². The molecule has 0 unspecified atom stereocenters. The summed E-state index contributed by atoms with van der Waals surface area (Å²) in [6.07, 6.45) is 3.43. The van der Waals surface area contributed by atoms with Gasteiger partial charge in [0.15, 0.2) is 0 Å². The number of nitrogens with one attached hydrogen (secondary N) is 1. The Labute approximate surface area is 85.6 Å². The molecular weight excluding hydrogens is 198 g/mol. The number of aromatic nitrogens is 4. The van der Waals surface area contributed by atoms with E-state index in [0.717, 1.165) is 11.3 Å². The van der Waals surface area contributed by atoms with Crippen LogP contribution < -0.4 is 5.73 Å². The van der Waals surface area contributed by atoms with E-state index in [9.17, 15) is 0 Å². The molecule has 3 N–H and O–H groups in total. The van der Waals surface area contributed by atoms with Crippen molar-refractivity contribution in [3.05, 3.63) is 28.8 Å². The molecule has 0 saturated heterocycles. The zero-order valence-electron chi connectivity index (χ0n) is 7.56. The highest BCUT2D eigenvalue weighted by Crippen LogP contribution is 2.14. The predicted molar refractivity (Wildman–Crippen MR) is 55.7 cm³/mol. The van der Waals surface area contributed by atoms with Crippen molar-refractivity contribution in [2.45, 2.75) is 6.92 Å². The number of aryl methyl sites for hydroxylation is 1. The van der Waals surface area contributed by atoms with E-state index < -0.39 is 0 Å². The van der Waals surface area contributed by atoms with Crippen molar-refractivity contribution < 1.29 is 0 Å². The van der Waals surface area contributed by atoms with Gasteiger partial charge in [0.25, 0.3) is 0 Å². The number of pyridine rings is 1. The molecule has 72 valence electrons. The van der Waals surface area contributed by atoms with Gasteiger partial charge in [0.1, 0.15) is 0 Å². The third-order valence-corrected chi connectivity index (χ3v) is 2.22. The van der Waals surface area contributed by atoms with Crippen molar-refractivity contribution in [3.8, 4) is 5.69 Å². The number of anilines is 1. The Balaban J connectivity index is 2.72. The Morgan fingerprint density at radius 1 is 1.57 bits per heavy atom. The molecule has 0 saturated carbocycles. The zero-order chi connectivity index (χ0) is 10.1. The molecule has 0 aliphatic heterocycles. The van der Waals surface area contributed by atoms with Gasteiger partial charge in [-0.15, -0.1) is 5.10 Å². The second-order valence-corrected chi connectivity index (χ2v) is 3.27. The third-order valence-electron chi connectivity index (χ3n) is 1.95. The van der Waals surface area contributed by atoms with E-state index in [0.29, 0.717) is 10.7 Å². The molecule has 2 heterocycles. The maximum absolute atomic E-state index is 5.67. The van der Waals surface area contributed by atoms with E-state index in [2.05, 4.69) is 15.2 Å². The lowest BCUT2D eigenvalue weighted by Gasteiger charge is -2.05. The minimum atomic E-state index is 0.339. The van der Waals surface area contributed by atoms with Crippen LogP contribution >= 0.6 is 12.2 Å². The van der Waals surface area contributed by atoms with Crippen LogP contribution in [0.25, 0.3) is 5.69 Å². The summed E-state index contributed by atoms with van der Waals surface area (Å²) >= 11 is 5.05. The fraction of sp³-hybridized carbons (Fsp3) is 0.125. The first kappa shape index (κ1) is 8.89. The smallest absolute Gasteiger partial charge is 0.225 e. The summed E-state index contributed by atoms with van der Waals surface area (Å²) in [5.74, 6) is 0.339. The Hall–Kier alpha value is -1.69. The molecule has 0 bridgehead atoms. The van der Waals surface area contributed by atoms with Crippen molar-refractivity contribution >= 4 is 18.2 Å². The number of hydrogen-bond acceptors (Lipinski definition) is 4. The molecule has 2 aromatic heterocycles. The molecule has 0 radical (unpaired) electrons. The number of aromatic amines is 1. The van der Waals surface area contributed by atoms with E-state index in [1.807, 2.05) is 13.0 Å². The molecule has 14 heavy (non-hydrogen) atoms. The second-order valence-electron chi connectivity index (χ2n) is 2.88. The maximum Gasteiger partial charge on any atom is 0.225 e. The molecule has 0 fully saturated rings. The summed E-state index contributed by atoms with van der Waals surface area (Å²) in [5.41, 5.74) is 7.56. The quantitative estimate of drug-likeness (QED) is 0.689. The van der Waals surface area contributed by atoms with Crippen LogP contribution in [0.15, 0.2) is 18.5 Å². The summed E-state index contributed by atoms with van der Waals surface area (Å²) in [5, 5.41) is 6.46. The van der Waals surface area contributed by atoms with Crippen LogP contribution in [0.2, 0.25) is 0 Å². The molecular formula is C8H9N5S. The first-order chi connectivity index (χ1) is 6.70. The van der Waals surface area contributed by atoms with Crippen molar-refractivity contribution in [1.29, 1.82) is 0 Å². The standard InChI is InChI=1S/C8H9N5S/c1-5-2-3-10-4-6(5)13-7(9)11-12-8(13)14/h2-4H,1H3,(H2,9,11)(H,12,14). The van der Waals surface area contributed by atoms with Gasteiger partial charge in [-0.2, -0.15) is 0 Å². The average Bonchev–Trinajstić information content (AvgIpc) is 2.48. The van der Waals surface area contributed by atoms with E-state index in [1.54, 1.807) is 17.0 Å². The fourth-order valence-electron chi connectivity index (χ4n) is 1.23. The highest BCUT2D eigenvalue weighted by Gasteiger charge is 2.06. The Kier molecular flexibility index (Phi) is 2.05. The number of hydrogen-bond donors (Lipinski definition) is 2. The summed E-state index contributed by atoms with van der Waals surface area (Å²) in [7, 11) is 0. The van der Waals surface area contributed by atoms with Gasteiger partial charge < -0.3 is 5.73 Å². The van der Waals surface area contributed by atoms with Crippen LogP contribution in [0.3, 0.4) is 0 Å². The molecule has 0 atom stereocenters. The first-order valence-corrected chi connectivity index (χ1v) is 4.45.